The first-order valence-electron chi connectivity index (χ1n) is 4.89. The fourth-order valence-electron chi connectivity index (χ4n) is 2.04. The summed E-state index contributed by atoms with van der Waals surface area (Å²) in [6.45, 7) is 0. The minimum Gasteiger partial charge on any atom is -0.478 e. The molecule has 4 heteroatoms. The maximum absolute atomic E-state index is 10.8. The predicted molar refractivity (Wildman–Crippen MR) is 54.4 cm³/mol. The molecule has 0 spiro atoms. The van der Waals surface area contributed by atoms with E-state index in [2.05, 4.69) is 0 Å². The van der Waals surface area contributed by atoms with Crippen LogP contribution in [0, 0.1) is 0 Å². The largest absolute Gasteiger partial charge is 0.478 e. The summed E-state index contributed by atoms with van der Waals surface area (Å²) in [6, 6.07) is 4.68. The van der Waals surface area contributed by atoms with Crippen molar-refractivity contribution in [3.05, 3.63) is 34.9 Å². The number of aryl methyl sites for hydroxylation is 1. The standard InChI is InChI=1S/C11H13NO3/c12-11(15)5-1-2-7-6-8(10(13)14)3-4-9(7)11/h3-4,6,15H,1-2,5,12H2,(H,13,14)/t11-/m1/s1. The molecule has 1 aromatic rings. The number of carboxylic acids is 1. The molecule has 0 aromatic heterocycles. The van der Waals surface area contributed by atoms with Gasteiger partial charge in [-0.05, 0) is 37.0 Å². The summed E-state index contributed by atoms with van der Waals surface area (Å²) in [6.07, 6.45) is 2.07. The first kappa shape index (κ1) is 10.1. The quantitative estimate of drug-likeness (QED) is 0.595. The number of fused-ring (bicyclic) bond motifs is 1. The fraction of sp³-hybridized carbons (Fsp3) is 0.364. The Morgan fingerprint density at radius 3 is 2.87 bits per heavy atom. The van der Waals surface area contributed by atoms with Gasteiger partial charge in [-0.3, -0.25) is 5.73 Å². The van der Waals surface area contributed by atoms with Crippen molar-refractivity contribution in [3.8, 4) is 0 Å². The number of carboxylic acid groups (broad SMARTS) is 1. The van der Waals surface area contributed by atoms with Crippen LogP contribution in [0.4, 0.5) is 0 Å². The average molecular weight is 207 g/mol. The number of carbonyl (C=O) groups is 1. The summed E-state index contributed by atoms with van der Waals surface area (Å²) < 4.78 is 0. The summed E-state index contributed by atoms with van der Waals surface area (Å²) in [5.41, 5.74) is 6.16. The molecule has 4 N–H and O–H groups in total. The first-order chi connectivity index (χ1) is 7.00. The number of hydrogen-bond donors (Lipinski definition) is 3. The Labute approximate surface area is 87.3 Å². The van der Waals surface area contributed by atoms with E-state index in [-0.39, 0.29) is 5.56 Å². The minimum absolute atomic E-state index is 0.242. The summed E-state index contributed by atoms with van der Waals surface area (Å²) in [5, 5.41) is 18.7. The predicted octanol–water partition coefficient (Wildman–Crippen LogP) is 0.825. The zero-order valence-corrected chi connectivity index (χ0v) is 8.23. The summed E-state index contributed by atoms with van der Waals surface area (Å²) in [5.74, 6) is -0.955. The Bertz CT molecular complexity index is 412. The first-order valence-corrected chi connectivity index (χ1v) is 4.89. The molecule has 15 heavy (non-hydrogen) atoms. The lowest BCUT2D eigenvalue weighted by Crippen LogP contribution is -2.39. The summed E-state index contributed by atoms with van der Waals surface area (Å²) in [7, 11) is 0. The molecule has 1 aliphatic carbocycles. The molecule has 0 heterocycles. The molecular weight excluding hydrogens is 194 g/mol. The molecule has 0 aliphatic heterocycles. The maximum Gasteiger partial charge on any atom is 0.335 e. The van der Waals surface area contributed by atoms with Gasteiger partial charge in [-0.25, -0.2) is 4.79 Å². The lowest BCUT2D eigenvalue weighted by molar-refractivity contribution is 0.0253. The van der Waals surface area contributed by atoms with Crippen LogP contribution >= 0.6 is 0 Å². The Morgan fingerprint density at radius 1 is 1.47 bits per heavy atom. The number of rotatable bonds is 1. The number of aromatic carboxylic acids is 1. The molecule has 0 saturated heterocycles. The highest BCUT2D eigenvalue weighted by Crippen LogP contribution is 2.31. The molecule has 1 aliphatic rings. The third-order valence-corrected chi connectivity index (χ3v) is 2.82. The van der Waals surface area contributed by atoms with Gasteiger partial charge in [0.25, 0.3) is 0 Å². The van der Waals surface area contributed by atoms with E-state index in [9.17, 15) is 9.90 Å². The zero-order valence-electron chi connectivity index (χ0n) is 8.23. The molecule has 4 nitrogen and oxygen atoms in total. The molecule has 0 amide bonds. The fourth-order valence-corrected chi connectivity index (χ4v) is 2.04. The SMILES string of the molecule is N[C@@]1(O)CCCc2cc(C(=O)O)ccc21. The van der Waals surface area contributed by atoms with Crippen LogP contribution in [0.1, 0.15) is 34.3 Å². The van der Waals surface area contributed by atoms with E-state index in [1.54, 1.807) is 12.1 Å². The smallest absolute Gasteiger partial charge is 0.335 e. The lowest BCUT2D eigenvalue weighted by Gasteiger charge is -2.30. The topological polar surface area (TPSA) is 83.5 Å². The Morgan fingerprint density at radius 2 is 2.20 bits per heavy atom. The number of benzene rings is 1. The van der Waals surface area contributed by atoms with E-state index in [4.69, 9.17) is 10.8 Å². The van der Waals surface area contributed by atoms with E-state index < -0.39 is 11.7 Å². The molecule has 1 aromatic carbocycles. The van der Waals surface area contributed by atoms with E-state index >= 15 is 0 Å². The minimum atomic E-state index is -1.30. The van der Waals surface area contributed by atoms with Gasteiger partial charge >= 0.3 is 5.97 Å². The third-order valence-electron chi connectivity index (χ3n) is 2.82. The average Bonchev–Trinajstić information content (AvgIpc) is 2.16. The molecule has 0 saturated carbocycles. The molecule has 1 atom stereocenters. The Hall–Kier alpha value is -1.39. The molecular formula is C11H13NO3. The Balaban J connectivity index is 2.50. The Kier molecular flexibility index (Phi) is 2.25. The molecule has 80 valence electrons. The van der Waals surface area contributed by atoms with Crippen molar-refractivity contribution in [2.75, 3.05) is 0 Å². The van der Waals surface area contributed by atoms with Crippen LogP contribution < -0.4 is 5.73 Å². The number of hydrogen-bond acceptors (Lipinski definition) is 3. The van der Waals surface area contributed by atoms with Crippen molar-refractivity contribution in [1.82, 2.24) is 0 Å². The normalized spacial score (nSPS) is 24.7. The van der Waals surface area contributed by atoms with Gasteiger partial charge in [-0.2, -0.15) is 0 Å². The second kappa shape index (κ2) is 3.32. The van der Waals surface area contributed by atoms with Crippen molar-refractivity contribution >= 4 is 5.97 Å². The van der Waals surface area contributed by atoms with Gasteiger partial charge in [0.1, 0.15) is 5.72 Å². The van der Waals surface area contributed by atoms with E-state index in [0.717, 1.165) is 18.4 Å². The third kappa shape index (κ3) is 1.73. The van der Waals surface area contributed by atoms with Gasteiger partial charge < -0.3 is 10.2 Å². The second-order valence-electron chi connectivity index (χ2n) is 3.95. The van der Waals surface area contributed by atoms with Crippen molar-refractivity contribution in [1.29, 1.82) is 0 Å². The van der Waals surface area contributed by atoms with Gasteiger partial charge in [0.15, 0.2) is 0 Å². The molecule has 2 rings (SSSR count). The van der Waals surface area contributed by atoms with Crippen LogP contribution in [0.3, 0.4) is 0 Å². The van der Waals surface area contributed by atoms with Gasteiger partial charge in [0.05, 0.1) is 5.56 Å². The highest BCUT2D eigenvalue weighted by Gasteiger charge is 2.30. The second-order valence-corrected chi connectivity index (χ2v) is 3.95. The van der Waals surface area contributed by atoms with Crippen LogP contribution in [0.25, 0.3) is 0 Å². The highest BCUT2D eigenvalue weighted by atomic mass is 16.4. The van der Waals surface area contributed by atoms with Gasteiger partial charge in [-0.15, -0.1) is 0 Å². The number of nitrogens with two attached hydrogens (primary N) is 1. The van der Waals surface area contributed by atoms with Crippen LogP contribution in [0.2, 0.25) is 0 Å². The van der Waals surface area contributed by atoms with Crippen LogP contribution in [0.5, 0.6) is 0 Å². The highest BCUT2D eigenvalue weighted by molar-refractivity contribution is 5.88. The van der Waals surface area contributed by atoms with Crippen molar-refractivity contribution in [2.24, 2.45) is 5.73 Å². The van der Waals surface area contributed by atoms with E-state index in [0.29, 0.717) is 12.0 Å². The van der Waals surface area contributed by atoms with Crippen molar-refractivity contribution in [2.45, 2.75) is 25.0 Å². The molecule has 0 bridgehead atoms. The van der Waals surface area contributed by atoms with Gasteiger partial charge in [0, 0.05) is 5.56 Å². The summed E-state index contributed by atoms with van der Waals surface area (Å²) in [4.78, 5) is 10.8. The van der Waals surface area contributed by atoms with Crippen LogP contribution in [-0.4, -0.2) is 16.2 Å². The molecule has 0 fully saturated rings. The van der Waals surface area contributed by atoms with Crippen molar-refractivity contribution in [3.63, 3.8) is 0 Å². The summed E-state index contributed by atoms with van der Waals surface area (Å²) >= 11 is 0. The maximum atomic E-state index is 10.8. The van der Waals surface area contributed by atoms with Crippen molar-refractivity contribution < 1.29 is 15.0 Å². The monoisotopic (exact) mass is 207 g/mol. The lowest BCUT2D eigenvalue weighted by atomic mass is 9.84. The van der Waals surface area contributed by atoms with Crippen LogP contribution in [0.15, 0.2) is 18.2 Å². The van der Waals surface area contributed by atoms with Crippen LogP contribution in [-0.2, 0) is 12.1 Å². The molecule has 0 unspecified atom stereocenters. The van der Waals surface area contributed by atoms with E-state index in [1.165, 1.54) is 6.07 Å². The van der Waals surface area contributed by atoms with Gasteiger partial charge in [0.2, 0.25) is 0 Å². The molecule has 0 radical (unpaired) electrons. The zero-order chi connectivity index (χ0) is 11.1. The number of aliphatic hydroxyl groups is 1. The van der Waals surface area contributed by atoms with E-state index in [1.807, 2.05) is 0 Å². The van der Waals surface area contributed by atoms with Gasteiger partial charge in [-0.1, -0.05) is 6.07 Å².